The fourth-order valence-corrected chi connectivity index (χ4v) is 3.82. The zero-order valence-corrected chi connectivity index (χ0v) is 17.7. The molecule has 162 valence electrons. The monoisotopic (exact) mass is 452 g/mol. The fourth-order valence-electron chi connectivity index (χ4n) is 3.65. The average Bonchev–Trinajstić information content (AvgIpc) is 3.07. The van der Waals surface area contributed by atoms with E-state index in [1.165, 1.54) is 29.4 Å². The van der Waals surface area contributed by atoms with E-state index < -0.39 is 23.5 Å². The molecule has 0 spiro atoms. The first-order chi connectivity index (χ1) is 15.4. The second kappa shape index (κ2) is 8.80. The van der Waals surface area contributed by atoms with Gasteiger partial charge in [0, 0.05) is 23.6 Å². The van der Waals surface area contributed by atoms with Crippen LogP contribution in [0.15, 0.2) is 72.6 Å². The van der Waals surface area contributed by atoms with Gasteiger partial charge in [0.15, 0.2) is 0 Å². The smallest absolute Gasteiger partial charge is 0.300 e. The van der Waals surface area contributed by atoms with Crippen molar-refractivity contribution in [2.75, 3.05) is 11.5 Å². The Balaban J connectivity index is 1.92. The number of pyridine rings is 1. The number of carbonyl (C=O) groups is 2. The molecule has 1 atom stereocenters. The average molecular weight is 453 g/mol. The van der Waals surface area contributed by atoms with Crippen molar-refractivity contribution >= 4 is 34.7 Å². The molecule has 4 rings (SSSR count). The van der Waals surface area contributed by atoms with E-state index in [1.807, 2.05) is 6.92 Å². The van der Waals surface area contributed by atoms with Crippen LogP contribution in [0.4, 0.5) is 10.1 Å². The van der Waals surface area contributed by atoms with E-state index >= 15 is 0 Å². The van der Waals surface area contributed by atoms with Gasteiger partial charge in [-0.1, -0.05) is 23.7 Å². The first-order valence-electron chi connectivity index (χ1n) is 9.81. The lowest BCUT2D eigenvalue weighted by Crippen LogP contribution is -2.29. The van der Waals surface area contributed by atoms with Crippen molar-refractivity contribution in [1.82, 2.24) is 4.98 Å². The summed E-state index contributed by atoms with van der Waals surface area (Å²) in [6.07, 6.45) is 3.03. The number of aliphatic hydroxyl groups is 1. The molecule has 1 saturated heterocycles. The molecular weight excluding hydrogens is 435 g/mol. The molecule has 1 aliphatic heterocycles. The summed E-state index contributed by atoms with van der Waals surface area (Å²) < 4.78 is 19.2. The minimum atomic E-state index is -0.963. The second-order valence-corrected chi connectivity index (χ2v) is 7.42. The third-order valence-electron chi connectivity index (χ3n) is 5.07. The molecule has 32 heavy (non-hydrogen) atoms. The number of aromatic nitrogens is 1. The zero-order chi connectivity index (χ0) is 22.8. The Morgan fingerprint density at radius 3 is 2.59 bits per heavy atom. The largest absolute Gasteiger partial charge is 0.507 e. The Kier molecular flexibility index (Phi) is 5.92. The summed E-state index contributed by atoms with van der Waals surface area (Å²) in [5.74, 6) is -2.22. The van der Waals surface area contributed by atoms with E-state index in [-0.39, 0.29) is 22.0 Å². The van der Waals surface area contributed by atoms with Crippen molar-refractivity contribution in [3.05, 3.63) is 94.5 Å². The molecule has 0 saturated carbocycles. The molecular formula is C24H18ClFN2O4. The van der Waals surface area contributed by atoms with E-state index in [4.69, 9.17) is 16.3 Å². The van der Waals surface area contributed by atoms with E-state index in [1.54, 1.807) is 36.4 Å². The Morgan fingerprint density at radius 1 is 1.16 bits per heavy atom. The van der Waals surface area contributed by atoms with E-state index in [9.17, 15) is 19.1 Å². The molecule has 2 aromatic carbocycles. The van der Waals surface area contributed by atoms with Gasteiger partial charge < -0.3 is 9.84 Å². The van der Waals surface area contributed by atoms with Crippen molar-refractivity contribution in [3.8, 4) is 5.75 Å². The van der Waals surface area contributed by atoms with Crippen LogP contribution in [-0.4, -0.2) is 28.4 Å². The van der Waals surface area contributed by atoms with Crippen LogP contribution in [-0.2, 0) is 9.59 Å². The summed E-state index contributed by atoms with van der Waals surface area (Å²) >= 11 is 5.93. The Bertz CT molecular complexity index is 1230. The summed E-state index contributed by atoms with van der Waals surface area (Å²) in [6, 6.07) is 12.7. The van der Waals surface area contributed by atoms with Gasteiger partial charge in [-0.3, -0.25) is 19.5 Å². The maximum atomic E-state index is 13.7. The van der Waals surface area contributed by atoms with E-state index in [0.29, 0.717) is 23.5 Å². The molecule has 6 nitrogen and oxygen atoms in total. The Hall–Kier alpha value is -3.71. The molecule has 0 radical (unpaired) electrons. The Labute approximate surface area is 188 Å². The first kappa shape index (κ1) is 21.5. The predicted molar refractivity (Wildman–Crippen MR) is 118 cm³/mol. The number of hydrogen-bond acceptors (Lipinski definition) is 5. The SMILES string of the molecule is CCOc1cccc(/C(O)=C2\C(=O)C(=O)N(c3ccc(F)c(Cl)c3)C2c2ccncc2)c1. The van der Waals surface area contributed by atoms with Crippen LogP contribution in [0.5, 0.6) is 5.75 Å². The van der Waals surface area contributed by atoms with Gasteiger partial charge in [0.2, 0.25) is 0 Å². The summed E-state index contributed by atoms with van der Waals surface area (Å²) in [5, 5.41) is 10.9. The lowest BCUT2D eigenvalue weighted by atomic mass is 9.95. The molecule has 1 amide bonds. The fraction of sp³-hybridized carbons (Fsp3) is 0.125. The van der Waals surface area contributed by atoms with Crippen LogP contribution in [0.1, 0.15) is 24.1 Å². The van der Waals surface area contributed by atoms with Crippen molar-refractivity contribution in [1.29, 1.82) is 0 Å². The number of nitrogens with zero attached hydrogens (tertiary/aromatic N) is 2. The summed E-state index contributed by atoms with van der Waals surface area (Å²) in [4.78, 5) is 31.3. The molecule has 1 aliphatic rings. The van der Waals surface area contributed by atoms with Gasteiger partial charge in [-0.05, 0) is 55.0 Å². The van der Waals surface area contributed by atoms with Crippen LogP contribution in [0, 0.1) is 5.82 Å². The molecule has 0 bridgehead atoms. The molecule has 1 unspecified atom stereocenters. The number of hydrogen-bond donors (Lipinski definition) is 1. The molecule has 2 heterocycles. The Morgan fingerprint density at radius 2 is 1.91 bits per heavy atom. The van der Waals surface area contributed by atoms with E-state index in [0.717, 1.165) is 6.07 Å². The molecule has 1 fully saturated rings. The number of Topliss-reactive ketones (excluding diaryl/α,β-unsaturated/α-hetero) is 1. The van der Waals surface area contributed by atoms with Crippen LogP contribution in [0.3, 0.4) is 0 Å². The number of anilines is 1. The number of ether oxygens (including phenoxy) is 1. The highest BCUT2D eigenvalue weighted by Gasteiger charge is 2.47. The predicted octanol–water partition coefficient (Wildman–Crippen LogP) is 4.90. The molecule has 1 aromatic heterocycles. The van der Waals surface area contributed by atoms with Crippen LogP contribution in [0.25, 0.3) is 5.76 Å². The quantitative estimate of drug-likeness (QED) is 0.338. The summed E-state index contributed by atoms with van der Waals surface area (Å²) in [5.41, 5.74) is 0.991. The minimum Gasteiger partial charge on any atom is -0.507 e. The minimum absolute atomic E-state index is 0.102. The van der Waals surface area contributed by atoms with Gasteiger partial charge >= 0.3 is 0 Å². The first-order valence-corrected chi connectivity index (χ1v) is 10.2. The molecule has 8 heteroatoms. The number of rotatable bonds is 5. The van der Waals surface area contributed by atoms with Gasteiger partial charge in [-0.2, -0.15) is 0 Å². The lowest BCUT2D eigenvalue weighted by molar-refractivity contribution is -0.132. The van der Waals surface area contributed by atoms with Crippen LogP contribution >= 0.6 is 11.6 Å². The molecule has 3 aromatic rings. The summed E-state index contributed by atoms with van der Waals surface area (Å²) in [6.45, 7) is 2.26. The van der Waals surface area contributed by atoms with Crippen molar-refractivity contribution in [2.45, 2.75) is 13.0 Å². The maximum Gasteiger partial charge on any atom is 0.300 e. The number of halogens is 2. The van der Waals surface area contributed by atoms with Crippen LogP contribution in [0.2, 0.25) is 5.02 Å². The highest BCUT2D eigenvalue weighted by molar-refractivity contribution is 6.51. The third kappa shape index (κ3) is 3.83. The maximum absolute atomic E-state index is 13.7. The number of benzene rings is 2. The van der Waals surface area contributed by atoms with Crippen molar-refractivity contribution < 1.29 is 23.8 Å². The zero-order valence-electron chi connectivity index (χ0n) is 17.0. The number of ketones is 1. The van der Waals surface area contributed by atoms with Crippen molar-refractivity contribution in [3.63, 3.8) is 0 Å². The number of aliphatic hydroxyl groups excluding tert-OH is 1. The number of amides is 1. The second-order valence-electron chi connectivity index (χ2n) is 7.01. The van der Waals surface area contributed by atoms with Gasteiger partial charge in [0.05, 0.1) is 23.2 Å². The van der Waals surface area contributed by atoms with Crippen molar-refractivity contribution in [2.24, 2.45) is 0 Å². The third-order valence-corrected chi connectivity index (χ3v) is 5.36. The van der Waals surface area contributed by atoms with Gasteiger partial charge in [0.1, 0.15) is 17.3 Å². The highest BCUT2D eigenvalue weighted by Crippen LogP contribution is 2.42. The molecule has 1 N–H and O–H groups in total. The van der Waals surface area contributed by atoms with Gasteiger partial charge in [0.25, 0.3) is 11.7 Å². The van der Waals surface area contributed by atoms with Gasteiger partial charge in [-0.25, -0.2) is 4.39 Å². The van der Waals surface area contributed by atoms with E-state index in [2.05, 4.69) is 4.98 Å². The highest BCUT2D eigenvalue weighted by atomic mass is 35.5. The van der Waals surface area contributed by atoms with Gasteiger partial charge in [-0.15, -0.1) is 0 Å². The van der Waals surface area contributed by atoms with Crippen LogP contribution < -0.4 is 9.64 Å². The topological polar surface area (TPSA) is 79.7 Å². The lowest BCUT2D eigenvalue weighted by Gasteiger charge is -2.25. The number of carbonyl (C=O) groups excluding carboxylic acids is 2. The molecule has 0 aliphatic carbocycles. The standard InChI is InChI=1S/C24H18ClFN2O4/c1-2-32-17-5-3-4-15(12-17)22(29)20-21(14-8-10-27-11-9-14)28(24(31)23(20)30)16-6-7-19(26)18(25)13-16/h3-13,21,29H,2H2,1H3/b22-20+. The summed E-state index contributed by atoms with van der Waals surface area (Å²) in [7, 11) is 0. The normalized spacial score (nSPS) is 17.6.